The standard InChI is InChI=1S/C25H30N2O3/c28-20(17-26-12-14-27(15-13-26)19-6-2-1-3-7-19)18-29-21-10-11-25-23(16-21)22-8-4-5-9-24(22)30-25/h1-3,6-7,10-11,16,20,28H,4-5,8-9,12-15,17-18H2/t20-/m1/s1. The van der Waals surface area contributed by atoms with Crippen molar-refractivity contribution in [3.63, 3.8) is 0 Å². The maximum Gasteiger partial charge on any atom is 0.134 e. The van der Waals surface area contributed by atoms with Crippen LogP contribution in [0.2, 0.25) is 0 Å². The third-order valence-corrected chi connectivity index (χ3v) is 6.33. The first-order chi connectivity index (χ1) is 14.8. The van der Waals surface area contributed by atoms with Crippen LogP contribution in [0.5, 0.6) is 5.75 Å². The van der Waals surface area contributed by atoms with E-state index in [9.17, 15) is 5.11 Å². The highest BCUT2D eigenvalue weighted by molar-refractivity contribution is 5.84. The maximum absolute atomic E-state index is 10.5. The third-order valence-electron chi connectivity index (χ3n) is 6.33. The molecular formula is C25H30N2O3. The minimum atomic E-state index is -0.498. The van der Waals surface area contributed by atoms with E-state index in [4.69, 9.17) is 9.15 Å². The molecule has 2 aromatic carbocycles. The largest absolute Gasteiger partial charge is 0.491 e. The Balaban J connectivity index is 1.13. The van der Waals surface area contributed by atoms with E-state index in [0.717, 1.165) is 56.1 Å². The molecule has 5 rings (SSSR count). The number of piperazine rings is 1. The molecule has 1 fully saturated rings. The van der Waals surface area contributed by atoms with E-state index in [-0.39, 0.29) is 0 Å². The van der Waals surface area contributed by atoms with Gasteiger partial charge in [-0.05, 0) is 49.6 Å². The fraction of sp³-hybridized carbons (Fsp3) is 0.440. The number of hydrogen-bond acceptors (Lipinski definition) is 5. The Bertz CT molecular complexity index is 977. The number of β-amino-alcohol motifs (C(OH)–C–C–N with tert-alkyl or cyclic N) is 1. The Hall–Kier alpha value is -2.50. The Labute approximate surface area is 177 Å². The van der Waals surface area contributed by atoms with Crippen LogP contribution in [0.3, 0.4) is 0 Å². The number of anilines is 1. The summed E-state index contributed by atoms with van der Waals surface area (Å²) in [5, 5.41) is 11.7. The number of aliphatic hydroxyl groups excluding tert-OH is 1. The number of hydrogen-bond donors (Lipinski definition) is 1. The quantitative estimate of drug-likeness (QED) is 0.673. The highest BCUT2D eigenvalue weighted by atomic mass is 16.5. The zero-order valence-electron chi connectivity index (χ0n) is 17.4. The van der Waals surface area contributed by atoms with E-state index in [2.05, 4.69) is 46.2 Å². The van der Waals surface area contributed by atoms with E-state index in [1.165, 1.54) is 29.5 Å². The minimum absolute atomic E-state index is 0.310. The number of aryl methyl sites for hydroxylation is 2. The molecule has 5 heteroatoms. The molecule has 0 amide bonds. The second-order valence-corrected chi connectivity index (χ2v) is 8.46. The summed E-state index contributed by atoms with van der Waals surface area (Å²) in [6, 6.07) is 16.6. The molecule has 1 atom stereocenters. The molecule has 5 nitrogen and oxygen atoms in total. The van der Waals surface area contributed by atoms with Gasteiger partial charge in [0, 0.05) is 55.8 Å². The second-order valence-electron chi connectivity index (χ2n) is 8.46. The summed E-state index contributed by atoms with van der Waals surface area (Å²) in [4.78, 5) is 4.73. The fourth-order valence-corrected chi connectivity index (χ4v) is 4.70. The van der Waals surface area contributed by atoms with Crippen LogP contribution in [0, 0.1) is 0 Å². The van der Waals surface area contributed by atoms with Crippen molar-refractivity contribution in [3.8, 4) is 5.75 Å². The second kappa shape index (κ2) is 8.70. The minimum Gasteiger partial charge on any atom is -0.491 e. The highest BCUT2D eigenvalue weighted by Crippen LogP contribution is 2.34. The van der Waals surface area contributed by atoms with E-state index < -0.39 is 6.10 Å². The predicted octanol–water partition coefficient (Wildman–Crippen LogP) is 3.87. The number of fused-ring (bicyclic) bond motifs is 3. The normalized spacial score (nSPS) is 18.4. The van der Waals surface area contributed by atoms with Crippen molar-refractivity contribution in [1.29, 1.82) is 0 Å². The van der Waals surface area contributed by atoms with Crippen molar-refractivity contribution in [2.24, 2.45) is 0 Å². The molecule has 0 bridgehead atoms. The number of ether oxygens (including phenoxy) is 1. The molecule has 1 N–H and O–H groups in total. The maximum atomic E-state index is 10.5. The Morgan fingerprint density at radius 2 is 1.77 bits per heavy atom. The van der Waals surface area contributed by atoms with Crippen LogP contribution in [0.15, 0.2) is 52.9 Å². The van der Waals surface area contributed by atoms with Crippen molar-refractivity contribution < 1.29 is 14.3 Å². The molecule has 0 radical (unpaired) electrons. The van der Waals surface area contributed by atoms with Crippen LogP contribution >= 0.6 is 0 Å². The van der Waals surface area contributed by atoms with Gasteiger partial charge in [0.15, 0.2) is 0 Å². The van der Waals surface area contributed by atoms with Crippen molar-refractivity contribution >= 4 is 16.7 Å². The van der Waals surface area contributed by atoms with Gasteiger partial charge < -0.3 is 19.2 Å². The number of para-hydroxylation sites is 1. The molecule has 1 saturated heterocycles. The molecule has 2 heterocycles. The molecule has 0 saturated carbocycles. The summed E-state index contributed by atoms with van der Waals surface area (Å²) in [5.74, 6) is 1.95. The van der Waals surface area contributed by atoms with Crippen LogP contribution in [-0.4, -0.2) is 55.4 Å². The first-order valence-electron chi connectivity index (χ1n) is 11.1. The Morgan fingerprint density at radius 1 is 0.967 bits per heavy atom. The summed E-state index contributed by atoms with van der Waals surface area (Å²) in [5.41, 5.74) is 3.57. The van der Waals surface area contributed by atoms with Crippen LogP contribution in [0.4, 0.5) is 5.69 Å². The first kappa shape index (κ1) is 19.5. The summed E-state index contributed by atoms with van der Waals surface area (Å²) in [7, 11) is 0. The number of benzene rings is 2. The zero-order chi connectivity index (χ0) is 20.3. The smallest absolute Gasteiger partial charge is 0.134 e. The van der Waals surface area contributed by atoms with Crippen molar-refractivity contribution in [1.82, 2.24) is 4.90 Å². The Kier molecular flexibility index (Phi) is 5.65. The predicted molar refractivity (Wildman–Crippen MR) is 119 cm³/mol. The average molecular weight is 407 g/mol. The monoisotopic (exact) mass is 406 g/mol. The molecule has 1 aliphatic carbocycles. The van der Waals surface area contributed by atoms with Gasteiger partial charge in [-0.1, -0.05) is 18.2 Å². The van der Waals surface area contributed by atoms with Gasteiger partial charge in [0.2, 0.25) is 0 Å². The SMILES string of the molecule is O[C@@H](COc1ccc2oc3c(c2c1)CCCC3)CN1CCN(c2ccccc2)CC1. The van der Waals surface area contributed by atoms with Crippen molar-refractivity contribution in [3.05, 3.63) is 59.9 Å². The molecule has 0 spiro atoms. The van der Waals surface area contributed by atoms with E-state index in [0.29, 0.717) is 13.2 Å². The summed E-state index contributed by atoms with van der Waals surface area (Å²) in [6.07, 6.45) is 4.06. The number of nitrogens with zero attached hydrogens (tertiary/aromatic N) is 2. The average Bonchev–Trinajstić information content (AvgIpc) is 3.17. The molecule has 0 unspecified atom stereocenters. The fourth-order valence-electron chi connectivity index (χ4n) is 4.70. The van der Waals surface area contributed by atoms with Gasteiger partial charge in [0.25, 0.3) is 0 Å². The van der Waals surface area contributed by atoms with Gasteiger partial charge >= 0.3 is 0 Å². The number of aliphatic hydroxyl groups is 1. The molecule has 2 aliphatic rings. The van der Waals surface area contributed by atoms with E-state index in [1.807, 2.05) is 12.1 Å². The molecule has 158 valence electrons. The van der Waals surface area contributed by atoms with Gasteiger partial charge in [-0.3, -0.25) is 4.90 Å². The summed E-state index contributed by atoms with van der Waals surface area (Å²) < 4.78 is 11.9. The highest BCUT2D eigenvalue weighted by Gasteiger charge is 2.21. The lowest BCUT2D eigenvalue weighted by Crippen LogP contribution is -2.49. The van der Waals surface area contributed by atoms with Crippen LogP contribution in [0.1, 0.15) is 24.2 Å². The lowest BCUT2D eigenvalue weighted by molar-refractivity contribution is 0.0663. The molecule has 30 heavy (non-hydrogen) atoms. The Morgan fingerprint density at radius 3 is 2.60 bits per heavy atom. The van der Waals surface area contributed by atoms with Gasteiger partial charge in [-0.25, -0.2) is 0 Å². The summed E-state index contributed by atoms with van der Waals surface area (Å²) in [6.45, 7) is 4.84. The number of furan rings is 1. The van der Waals surface area contributed by atoms with Crippen LogP contribution in [-0.2, 0) is 12.8 Å². The van der Waals surface area contributed by atoms with Crippen LogP contribution < -0.4 is 9.64 Å². The number of rotatable bonds is 6. The van der Waals surface area contributed by atoms with Gasteiger partial charge in [-0.2, -0.15) is 0 Å². The van der Waals surface area contributed by atoms with Gasteiger partial charge in [-0.15, -0.1) is 0 Å². The van der Waals surface area contributed by atoms with E-state index in [1.54, 1.807) is 0 Å². The summed E-state index contributed by atoms with van der Waals surface area (Å²) >= 11 is 0. The molecule has 1 aromatic heterocycles. The zero-order valence-corrected chi connectivity index (χ0v) is 17.4. The van der Waals surface area contributed by atoms with Gasteiger partial charge in [0.05, 0.1) is 0 Å². The van der Waals surface area contributed by atoms with Crippen molar-refractivity contribution in [2.45, 2.75) is 31.8 Å². The third kappa shape index (κ3) is 4.18. The molecular weight excluding hydrogens is 376 g/mol. The lowest BCUT2D eigenvalue weighted by Gasteiger charge is -2.36. The topological polar surface area (TPSA) is 49.1 Å². The molecule has 1 aliphatic heterocycles. The first-order valence-corrected chi connectivity index (χ1v) is 11.1. The van der Waals surface area contributed by atoms with Crippen molar-refractivity contribution in [2.75, 3.05) is 44.2 Å². The van der Waals surface area contributed by atoms with E-state index >= 15 is 0 Å². The lowest BCUT2D eigenvalue weighted by atomic mass is 9.96. The molecule has 3 aromatic rings. The van der Waals surface area contributed by atoms with Gasteiger partial charge in [0.1, 0.15) is 29.8 Å². The van der Waals surface area contributed by atoms with Crippen LogP contribution in [0.25, 0.3) is 11.0 Å².